The van der Waals surface area contributed by atoms with Crippen LogP contribution in [0.3, 0.4) is 0 Å². The van der Waals surface area contributed by atoms with E-state index in [1.165, 1.54) is 0 Å². The molecule has 5 heteroatoms. The highest BCUT2D eigenvalue weighted by Crippen LogP contribution is 2.37. The quantitative estimate of drug-likeness (QED) is 0.402. The first-order valence-corrected chi connectivity index (χ1v) is 6.06. The van der Waals surface area contributed by atoms with Gasteiger partial charge in [-0.1, -0.05) is 48.6 Å². The zero-order chi connectivity index (χ0) is 11.6. The number of nitro benzene ring substituents is 1. The van der Waals surface area contributed by atoms with Crippen LogP contribution in [0.1, 0.15) is 30.9 Å². The Morgan fingerprint density at radius 1 is 1.53 bits per heavy atom. The molecule has 0 unspecified atom stereocenters. The lowest BCUT2D eigenvalue weighted by Gasteiger charge is -2.10. The second-order valence-electron chi connectivity index (χ2n) is 3.56. The van der Waals surface area contributed by atoms with Crippen LogP contribution in [0.4, 0.5) is 5.69 Å². The summed E-state index contributed by atoms with van der Waals surface area (Å²) in [6.07, 6.45) is 0. The summed E-state index contributed by atoms with van der Waals surface area (Å²) in [5.41, 5.74) is 1.02. The van der Waals surface area contributed by atoms with E-state index >= 15 is 0 Å². The fourth-order valence-corrected chi connectivity index (χ4v) is 2.03. The van der Waals surface area contributed by atoms with Crippen molar-refractivity contribution in [2.24, 2.45) is 0 Å². The molecule has 0 saturated heterocycles. The first-order chi connectivity index (χ1) is 6.99. The van der Waals surface area contributed by atoms with Crippen molar-refractivity contribution in [1.82, 2.24) is 0 Å². The number of benzene rings is 1. The Kier molecular flexibility index (Phi) is 3.90. The van der Waals surface area contributed by atoms with Crippen LogP contribution in [-0.4, -0.2) is 10.0 Å². The summed E-state index contributed by atoms with van der Waals surface area (Å²) in [5.74, 6) is -0.115. The van der Waals surface area contributed by atoms with Gasteiger partial charge in [0.1, 0.15) is 0 Å². The van der Waals surface area contributed by atoms with Crippen molar-refractivity contribution in [2.45, 2.75) is 24.2 Å². The minimum absolute atomic E-state index is 0.0759. The minimum atomic E-state index is -0.519. The van der Waals surface area contributed by atoms with E-state index in [1.807, 2.05) is 36.4 Å². The molecular formula is C10H12INO3. The topological polar surface area (TPSA) is 63.4 Å². The molecule has 1 N–H and O–H groups in total. The van der Waals surface area contributed by atoms with E-state index in [1.54, 1.807) is 12.1 Å². The molecule has 15 heavy (non-hydrogen) atoms. The van der Waals surface area contributed by atoms with Gasteiger partial charge in [-0.25, -0.2) is 0 Å². The zero-order valence-corrected chi connectivity index (χ0v) is 10.7. The number of phenols is 1. The number of hydrogen-bond donors (Lipinski definition) is 1. The van der Waals surface area contributed by atoms with Crippen LogP contribution in [0.5, 0.6) is 5.75 Å². The van der Waals surface area contributed by atoms with Crippen LogP contribution in [0.2, 0.25) is 0 Å². The number of hydrogen-bond acceptors (Lipinski definition) is 3. The maximum Gasteiger partial charge on any atom is 0.314 e. The molecule has 0 atom stereocenters. The molecule has 0 bridgehead atoms. The van der Waals surface area contributed by atoms with Crippen LogP contribution in [-0.2, 0) is 4.43 Å². The third-order valence-corrected chi connectivity index (χ3v) is 3.04. The van der Waals surface area contributed by atoms with Crippen molar-refractivity contribution < 1.29 is 10.0 Å². The smallest absolute Gasteiger partial charge is 0.314 e. The van der Waals surface area contributed by atoms with Crippen LogP contribution < -0.4 is 0 Å². The largest absolute Gasteiger partial charge is 0.502 e. The fourth-order valence-electron chi connectivity index (χ4n) is 1.41. The lowest BCUT2D eigenvalue weighted by Crippen LogP contribution is -1.98. The summed E-state index contributed by atoms with van der Waals surface area (Å²) in [5, 5.41) is 20.6. The average molecular weight is 321 g/mol. The normalized spacial score (nSPS) is 10.7. The van der Waals surface area contributed by atoms with Gasteiger partial charge in [-0.3, -0.25) is 10.1 Å². The molecule has 1 aromatic carbocycles. The molecule has 1 rings (SSSR count). The SMILES string of the molecule is CC(C)c1ccc(CI)c([N+](=O)[O-])c1O. The Bertz CT molecular complexity index is 390. The van der Waals surface area contributed by atoms with Crippen molar-refractivity contribution in [3.8, 4) is 5.75 Å². The Morgan fingerprint density at radius 2 is 2.13 bits per heavy atom. The number of rotatable bonds is 3. The fraction of sp³-hybridized carbons (Fsp3) is 0.400. The van der Waals surface area contributed by atoms with Crippen molar-refractivity contribution in [3.05, 3.63) is 33.4 Å². The Morgan fingerprint density at radius 3 is 2.53 bits per heavy atom. The van der Waals surface area contributed by atoms with Gasteiger partial charge in [-0.15, -0.1) is 0 Å². The molecule has 1 aromatic rings. The number of halogens is 1. The summed E-state index contributed by atoms with van der Waals surface area (Å²) < 4.78 is 0.514. The van der Waals surface area contributed by atoms with Crippen molar-refractivity contribution >= 4 is 28.3 Å². The van der Waals surface area contributed by atoms with E-state index in [-0.39, 0.29) is 17.4 Å². The molecule has 0 heterocycles. The average Bonchev–Trinajstić information content (AvgIpc) is 2.15. The summed E-state index contributed by atoms with van der Waals surface area (Å²) in [6, 6.07) is 3.46. The number of nitro groups is 1. The zero-order valence-electron chi connectivity index (χ0n) is 8.53. The van der Waals surface area contributed by atoms with Gasteiger partial charge in [0.2, 0.25) is 0 Å². The maximum absolute atomic E-state index is 10.8. The molecule has 0 spiro atoms. The van der Waals surface area contributed by atoms with Crippen LogP contribution in [0.25, 0.3) is 0 Å². The number of nitrogens with zero attached hydrogens (tertiary/aromatic N) is 1. The number of phenolic OH excluding ortho intramolecular Hbond substituents is 1. The van der Waals surface area contributed by atoms with E-state index in [2.05, 4.69) is 0 Å². The van der Waals surface area contributed by atoms with E-state index in [0.29, 0.717) is 15.6 Å². The molecule has 0 radical (unpaired) electrons. The van der Waals surface area contributed by atoms with Crippen molar-refractivity contribution in [2.75, 3.05) is 0 Å². The summed E-state index contributed by atoms with van der Waals surface area (Å²) >= 11 is 2.04. The van der Waals surface area contributed by atoms with Crippen LogP contribution >= 0.6 is 22.6 Å². The van der Waals surface area contributed by atoms with Gasteiger partial charge in [0, 0.05) is 15.6 Å². The molecule has 0 saturated carbocycles. The Balaban J connectivity index is 3.42. The molecule has 0 aliphatic carbocycles. The maximum atomic E-state index is 10.8. The number of alkyl halides is 1. The van der Waals surface area contributed by atoms with Crippen LogP contribution in [0.15, 0.2) is 12.1 Å². The summed E-state index contributed by atoms with van der Waals surface area (Å²) in [4.78, 5) is 10.3. The molecule has 4 nitrogen and oxygen atoms in total. The monoisotopic (exact) mass is 321 g/mol. The predicted molar refractivity (Wildman–Crippen MR) is 66.6 cm³/mol. The summed E-state index contributed by atoms with van der Waals surface area (Å²) in [7, 11) is 0. The molecule has 82 valence electrons. The van der Waals surface area contributed by atoms with Crippen LogP contribution in [0, 0.1) is 10.1 Å². The molecule has 0 amide bonds. The highest BCUT2D eigenvalue weighted by atomic mass is 127. The minimum Gasteiger partial charge on any atom is -0.502 e. The van der Waals surface area contributed by atoms with Gasteiger partial charge >= 0.3 is 5.69 Å². The van der Waals surface area contributed by atoms with E-state index in [0.717, 1.165) is 0 Å². The molecular weight excluding hydrogens is 309 g/mol. The molecule has 0 aromatic heterocycles. The highest BCUT2D eigenvalue weighted by Gasteiger charge is 2.22. The standard InChI is InChI=1S/C10H12INO3/c1-6(2)8-4-3-7(5-11)9(10(8)13)12(14)15/h3-4,6,13H,5H2,1-2H3. The lowest BCUT2D eigenvalue weighted by molar-refractivity contribution is -0.386. The van der Waals surface area contributed by atoms with E-state index < -0.39 is 4.92 Å². The van der Waals surface area contributed by atoms with E-state index in [9.17, 15) is 15.2 Å². The predicted octanol–water partition coefficient (Wildman–Crippen LogP) is 3.36. The first-order valence-electron chi connectivity index (χ1n) is 4.54. The Hall–Kier alpha value is -0.850. The van der Waals surface area contributed by atoms with Gasteiger partial charge in [0.15, 0.2) is 5.75 Å². The molecule has 0 aliphatic heterocycles. The van der Waals surface area contributed by atoms with Gasteiger partial charge < -0.3 is 5.11 Å². The van der Waals surface area contributed by atoms with Crippen molar-refractivity contribution in [3.63, 3.8) is 0 Å². The second-order valence-corrected chi connectivity index (χ2v) is 4.32. The van der Waals surface area contributed by atoms with Crippen molar-refractivity contribution in [1.29, 1.82) is 0 Å². The first kappa shape index (κ1) is 12.2. The van der Waals surface area contributed by atoms with Gasteiger partial charge in [0.25, 0.3) is 0 Å². The third-order valence-electron chi connectivity index (χ3n) is 2.21. The van der Waals surface area contributed by atoms with Gasteiger partial charge in [-0.05, 0) is 5.92 Å². The third kappa shape index (κ3) is 2.39. The van der Waals surface area contributed by atoms with E-state index in [4.69, 9.17) is 0 Å². The Labute approximate surface area is 102 Å². The second kappa shape index (κ2) is 4.78. The highest BCUT2D eigenvalue weighted by molar-refractivity contribution is 14.1. The molecule has 0 aliphatic rings. The number of aromatic hydroxyl groups is 1. The van der Waals surface area contributed by atoms with Gasteiger partial charge in [0.05, 0.1) is 4.92 Å². The summed E-state index contributed by atoms with van der Waals surface area (Å²) in [6.45, 7) is 3.78. The van der Waals surface area contributed by atoms with Gasteiger partial charge in [-0.2, -0.15) is 0 Å². The molecule has 0 fully saturated rings. The lowest BCUT2D eigenvalue weighted by atomic mass is 9.99.